The lowest BCUT2D eigenvalue weighted by atomic mass is 9.78. The predicted octanol–water partition coefficient (Wildman–Crippen LogP) is 2.51. The van der Waals surface area contributed by atoms with E-state index >= 15 is 0 Å². The summed E-state index contributed by atoms with van der Waals surface area (Å²) < 4.78 is 6.85. The van der Waals surface area contributed by atoms with Crippen molar-refractivity contribution in [2.24, 2.45) is 18.9 Å². The van der Waals surface area contributed by atoms with E-state index in [1.807, 2.05) is 14.0 Å². The number of hydrogen-bond donors (Lipinski definition) is 1. The Hall–Kier alpha value is -1.36. The average molecular weight is 293 g/mol. The second-order valence-electron chi connectivity index (χ2n) is 6.10. The first kappa shape index (κ1) is 16.0. The summed E-state index contributed by atoms with van der Waals surface area (Å²) in [4.78, 5) is 11.9. The van der Waals surface area contributed by atoms with E-state index in [0.717, 1.165) is 11.6 Å². The molecular formula is C16H27N3O2. The van der Waals surface area contributed by atoms with Crippen molar-refractivity contribution in [2.45, 2.75) is 52.6 Å². The highest BCUT2D eigenvalue weighted by Crippen LogP contribution is 2.29. The summed E-state index contributed by atoms with van der Waals surface area (Å²) in [6.45, 7) is 7.51. The van der Waals surface area contributed by atoms with Crippen molar-refractivity contribution < 1.29 is 9.53 Å². The molecule has 1 aliphatic carbocycles. The van der Waals surface area contributed by atoms with Gasteiger partial charge in [-0.3, -0.25) is 4.68 Å². The number of rotatable bonds is 5. The molecule has 1 aromatic rings. The van der Waals surface area contributed by atoms with Crippen LogP contribution in [0.5, 0.6) is 0 Å². The lowest BCUT2D eigenvalue weighted by molar-refractivity contribution is 0.0524. The fraction of sp³-hybridized carbons (Fsp3) is 0.750. The zero-order chi connectivity index (χ0) is 15.4. The minimum atomic E-state index is -0.285. The van der Waals surface area contributed by atoms with Crippen molar-refractivity contribution >= 4 is 5.97 Å². The molecule has 0 bridgehead atoms. The maximum atomic E-state index is 11.9. The fourth-order valence-corrected chi connectivity index (χ4v) is 3.15. The van der Waals surface area contributed by atoms with Gasteiger partial charge in [0, 0.05) is 19.6 Å². The average Bonchev–Trinajstić information content (AvgIpc) is 2.82. The Kier molecular flexibility index (Phi) is 5.39. The molecule has 0 aliphatic heterocycles. The molecular weight excluding hydrogens is 266 g/mol. The van der Waals surface area contributed by atoms with Crippen LogP contribution in [0.25, 0.3) is 0 Å². The van der Waals surface area contributed by atoms with Crippen molar-refractivity contribution in [1.29, 1.82) is 0 Å². The maximum Gasteiger partial charge on any atom is 0.341 e. The Morgan fingerprint density at radius 3 is 2.95 bits per heavy atom. The monoisotopic (exact) mass is 293 g/mol. The third kappa shape index (κ3) is 3.64. The quantitative estimate of drug-likeness (QED) is 0.848. The van der Waals surface area contributed by atoms with Gasteiger partial charge < -0.3 is 10.1 Å². The van der Waals surface area contributed by atoms with Gasteiger partial charge in [-0.25, -0.2) is 4.79 Å². The molecule has 3 atom stereocenters. The van der Waals surface area contributed by atoms with Crippen LogP contribution in [-0.2, 0) is 18.3 Å². The van der Waals surface area contributed by atoms with Crippen molar-refractivity contribution in [2.75, 3.05) is 6.61 Å². The van der Waals surface area contributed by atoms with Crippen molar-refractivity contribution in [3.05, 3.63) is 17.5 Å². The fourth-order valence-electron chi connectivity index (χ4n) is 3.15. The van der Waals surface area contributed by atoms with Gasteiger partial charge in [0.1, 0.15) is 5.56 Å². The summed E-state index contributed by atoms with van der Waals surface area (Å²) in [5, 5.41) is 7.81. The first-order valence-electron chi connectivity index (χ1n) is 7.96. The van der Waals surface area contributed by atoms with E-state index in [-0.39, 0.29) is 5.97 Å². The number of ether oxygens (including phenoxy) is 1. The summed E-state index contributed by atoms with van der Waals surface area (Å²) in [6.07, 6.45) is 5.40. The molecule has 3 unspecified atom stereocenters. The van der Waals surface area contributed by atoms with Crippen molar-refractivity contribution in [3.8, 4) is 0 Å². The number of aromatic nitrogens is 2. The van der Waals surface area contributed by atoms with Crippen LogP contribution in [-0.4, -0.2) is 28.4 Å². The van der Waals surface area contributed by atoms with E-state index < -0.39 is 0 Å². The Morgan fingerprint density at radius 1 is 1.48 bits per heavy atom. The normalized spacial score (nSPS) is 25.8. The first-order valence-corrected chi connectivity index (χ1v) is 7.96. The molecule has 0 spiro atoms. The molecule has 118 valence electrons. The summed E-state index contributed by atoms with van der Waals surface area (Å²) in [5.74, 6) is 1.14. The highest BCUT2D eigenvalue weighted by molar-refractivity contribution is 5.90. The lowest BCUT2D eigenvalue weighted by Crippen LogP contribution is -2.40. The van der Waals surface area contributed by atoms with Gasteiger partial charge in [-0.1, -0.05) is 26.7 Å². The molecule has 0 amide bonds. The molecule has 1 heterocycles. The number of aryl methyl sites for hydroxylation is 1. The smallest absolute Gasteiger partial charge is 0.341 e. The largest absolute Gasteiger partial charge is 0.462 e. The minimum absolute atomic E-state index is 0.285. The van der Waals surface area contributed by atoms with Gasteiger partial charge in [0.2, 0.25) is 0 Å². The molecule has 2 rings (SSSR count). The van der Waals surface area contributed by atoms with Crippen LogP contribution in [0, 0.1) is 11.8 Å². The Labute approximate surface area is 127 Å². The maximum absolute atomic E-state index is 11.9. The van der Waals surface area contributed by atoms with Gasteiger partial charge >= 0.3 is 5.97 Å². The standard InChI is InChI=1S/C16H27N3O2/c1-5-21-16(20)13-9-18-19(4)15(13)10-17-14-8-6-7-11(2)12(14)3/h9,11-12,14,17H,5-8,10H2,1-4H3. The summed E-state index contributed by atoms with van der Waals surface area (Å²) in [6, 6.07) is 0.513. The van der Waals surface area contributed by atoms with Crippen molar-refractivity contribution in [3.63, 3.8) is 0 Å². The topological polar surface area (TPSA) is 56.1 Å². The molecule has 1 fully saturated rings. The van der Waals surface area contributed by atoms with E-state index in [0.29, 0.717) is 30.7 Å². The Balaban J connectivity index is 2.02. The van der Waals surface area contributed by atoms with Crippen LogP contribution in [0.2, 0.25) is 0 Å². The number of hydrogen-bond acceptors (Lipinski definition) is 4. The number of nitrogens with zero attached hydrogens (tertiary/aromatic N) is 2. The van der Waals surface area contributed by atoms with Gasteiger partial charge in [0.15, 0.2) is 0 Å². The third-order valence-corrected chi connectivity index (χ3v) is 4.80. The zero-order valence-electron chi connectivity index (χ0n) is 13.6. The number of carbonyl (C=O) groups excluding carboxylic acids is 1. The van der Waals surface area contributed by atoms with Crippen LogP contribution in [0.3, 0.4) is 0 Å². The van der Waals surface area contributed by atoms with E-state index in [2.05, 4.69) is 24.3 Å². The van der Waals surface area contributed by atoms with Crippen LogP contribution in [0.15, 0.2) is 6.20 Å². The number of esters is 1. The molecule has 5 nitrogen and oxygen atoms in total. The van der Waals surface area contributed by atoms with E-state index in [4.69, 9.17) is 4.74 Å². The highest BCUT2D eigenvalue weighted by Gasteiger charge is 2.27. The Bertz CT molecular complexity index is 484. The second-order valence-corrected chi connectivity index (χ2v) is 6.10. The second kappa shape index (κ2) is 7.07. The summed E-state index contributed by atoms with van der Waals surface area (Å²) >= 11 is 0. The van der Waals surface area contributed by atoms with Gasteiger partial charge in [-0.05, 0) is 25.2 Å². The van der Waals surface area contributed by atoms with Gasteiger partial charge in [0.25, 0.3) is 0 Å². The first-order chi connectivity index (χ1) is 10.0. The predicted molar refractivity (Wildman–Crippen MR) is 82.0 cm³/mol. The number of carbonyl (C=O) groups is 1. The van der Waals surface area contributed by atoms with Crippen molar-refractivity contribution in [1.82, 2.24) is 15.1 Å². The lowest BCUT2D eigenvalue weighted by Gasteiger charge is -2.34. The van der Waals surface area contributed by atoms with E-state index in [9.17, 15) is 4.79 Å². The SMILES string of the molecule is CCOC(=O)c1cnn(C)c1CNC1CCCC(C)C1C. The molecule has 1 aliphatic rings. The molecule has 0 aromatic carbocycles. The molecule has 0 radical (unpaired) electrons. The van der Waals surface area contributed by atoms with Gasteiger partial charge in [-0.2, -0.15) is 5.10 Å². The molecule has 1 saturated carbocycles. The van der Waals surface area contributed by atoms with Gasteiger partial charge in [-0.15, -0.1) is 0 Å². The van der Waals surface area contributed by atoms with E-state index in [1.165, 1.54) is 19.3 Å². The summed E-state index contributed by atoms with van der Waals surface area (Å²) in [7, 11) is 1.87. The van der Waals surface area contributed by atoms with E-state index in [1.54, 1.807) is 10.9 Å². The molecule has 5 heteroatoms. The number of nitrogens with one attached hydrogen (secondary N) is 1. The van der Waals surface area contributed by atoms with Crippen LogP contribution in [0.4, 0.5) is 0 Å². The van der Waals surface area contributed by atoms with Crippen LogP contribution >= 0.6 is 0 Å². The van der Waals surface area contributed by atoms with Gasteiger partial charge in [0.05, 0.1) is 18.5 Å². The molecule has 1 aromatic heterocycles. The van der Waals surface area contributed by atoms with Crippen LogP contribution in [0.1, 0.15) is 56.1 Å². The van der Waals surface area contributed by atoms with Crippen LogP contribution < -0.4 is 5.32 Å². The zero-order valence-corrected chi connectivity index (χ0v) is 13.6. The highest BCUT2D eigenvalue weighted by atomic mass is 16.5. The molecule has 21 heavy (non-hydrogen) atoms. The molecule has 1 N–H and O–H groups in total. The molecule has 0 saturated heterocycles. The Morgan fingerprint density at radius 2 is 2.24 bits per heavy atom. The third-order valence-electron chi connectivity index (χ3n) is 4.80. The summed E-state index contributed by atoms with van der Waals surface area (Å²) in [5.41, 5.74) is 1.47. The minimum Gasteiger partial charge on any atom is -0.462 e.